The Morgan fingerprint density at radius 2 is 1.88 bits per heavy atom. The van der Waals surface area contributed by atoms with Gasteiger partial charge in [0, 0.05) is 22.6 Å². The molecule has 2 N–H and O–H groups in total. The second kappa shape index (κ2) is 6.10. The van der Waals surface area contributed by atoms with Gasteiger partial charge in [-0.2, -0.15) is 0 Å². The summed E-state index contributed by atoms with van der Waals surface area (Å²) in [6, 6.07) is 14.0. The van der Waals surface area contributed by atoms with Crippen molar-refractivity contribution in [3.05, 3.63) is 69.6 Å². The van der Waals surface area contributed by atoms with Crippen LogP contribution in [0.2, 0.25) is 0 Å². The molecular weight excluding hydrogens is 348 g/mol. The summed E-state index contributed by atoms with van der Waals surface area (Å²) in [5.74, 6) is 1.36. The Balaban J connectivity index is 1.60. The lowest BCUT2D eigenvalue weighted by atomic mass is 9.79. The van der Waals surface area contributed by atoms with Gasteiger partial charge < -0.3 is 10.6 Å². The van der Waals surface area contributed by atoms with Crippen LogP contribution in [0.5, 0.6) is 0 Å². The summed E-state index contributed by atoms with van der Waals surface area (Å²) in [5.41, 5.74) is 2.85. The average molecular weight is 364 g/mol. The Hall–Kier alpha value is -2.93. The van der Waals surface area contributed by atoms with Crippen LogP contribution in [-0.2, 0) is 4.79 Å². The number of hydrogen-bond donors (Lipinski definition) is 2. The Morgan fingerprint density at radius 3 is 2.69 bits per heavy atom. The minimum atomic E-state index is -0.241. The zero-order valence-electron chi connectivity index (χ0n) is 13.8. The molecule has 0 saturated carbocycles. The van der Waals surface area contributed by atoms with Crippen LogP contribution in [-0.4, -0.2) is 16.1 Å². The van der Waals surface area contributed by atoms with Crippen LogP contribution in [0.25, 0.3) is 0 Å². The van der Waals surface area contributed by atoms with Gasteiger partial charge in [-0.25, -0.2) is 4.63 Å². The molecule has 1 aliphatic carbocycles. The van der Waals surface area contributed by atoms with Crippen molar-refractivity contribution in [3.8, 4) is 0 Å². The number of hydrogen-bond acceptors (Lipinski definition) is 7. The summed E-state index contributed by atoms with van der Waals surface area (Å²) in [5, 5.41) is 16.5. The largest absolute Gasteiger partial charge is 0.352 e. The molecule has 6 nitrogen and oxygen atoms in total. The molecule has 5 rings (SSSR count). The van der Waals surface area contributed by atoms with Gasteiger partial charge in [0.15, 0.2) is 5.78 Å². The molecule has 0 amide bonds. The standard InChI is InChI=1S/C19H16N4O2S/c24-14-10-12(11-5-2-1-3-6-11)9-13-16(14)17(15-7-4-8-26-15)21-19-18(20-13)22-25-23-19/h1-8,12,17H,9-10H2,(H,20,22)(H,21,23)/t12-,17+/m1/s1. The fraction of sp³-hybridized carbons (Fsp3) is 0.211. The van der Waals surface area contributed by atoms with Crippen LogP contribution in [0.3, 0.4) is 0 Å². The van der Waals surface area contributed by atoms with Gasteiger partial charge in [-0.3, -0.25) is 4.79 Å². The molecule has 0 saturated heterocycles. The molecule has 130 valence electrons. The smallest absolute Gasteiger partial charge is 0.219 e. The van der Waals surface area contributed by atoms with Crippen LogP contribution < -0.4 is 10.6 Å². The summed E-state index contributed by atoms with van der Waals surface area (Å²) in [7, 11) is 0. The van der Waals surface area contributed by atoms with Gasteiger partial charge in [0.2, 0.25) is 11.6 Å². The number of aromatic nitrogens is 2. The molecule has 3 heterocycles. The summed E-state index contributed by atoms with van der Waals surface area (Å²) in [6.07, 6.45) is 1.25. The molecule has 0 spiro atoms. The Labute approximate surface area is 153 Å². The van der Waals surface area contributed by atoms with E-state index in [1.165, 1.54) is 5.56 Å². The molecular formula is C19H16N4O2S. The molecule has 2 aromatic heterocycles. The van der Waals surface area contributed by atoms with Gasteiger partial charge >= 0.3 is 0 Å². The Morgan fingerprint density at radius 1 is 1.04 bits per heavy atom. The van der Waals surface area contributed by atoms with Crippen LogP contribution >= 0.6 is 11.3 Å². The number of carbonyl (C=O) groups is 1. The van der Waals surface area contributed by atoms with E-state index < -0.39 is 0 Å². The summed E-state index contributed by atoms with van der Waals surface area (Å²) in [4.78, 5) is 14.2. The third kappa shape index (κ3) is 2.52. The zero-order chi connectivity index (χ0) is 17.5. The first-order valence-electron chi connectivity index (χ1n) is 8.50. The van der Waals surface area contributed by atoms with E-state index >= 15 is 0 Å². The first kappa shape index (κ1) is 15.3. The number of rotatable bonds is 2. The van der Waals surface area contributed by atoms with Gasteiger partial charge in [-0.05, 0) is 39.7 Å². The number of anilines is 2. The number of carbonyl (C=O) groups excluding carboxylic acids is 1. The number of Topliss-reactive ketones (excluding diaryl/α,β-unsaturated/α-hetero) is 1. The first-order valence-corrected chi connectivity index (χ1v) is 9.38. The number of fused-ring (bicyclic) bond motifs is 1. The molecule has 0 bridgehead atoms. The maximum Gasteiger partial charge on any atom is 0.219 e. The van der Waals surface area contributed by atoms with Crippen molar-refractivity contribution in [2.24, 2.45) is 0 Å². The highest BCUT2D eigenvalue weighted by molar-refractivity contribution is 7.10. The van der Waals surface area contributed by atoms with Gasteiger partial charge in [0.05, 0.1) is 6.04 Å². The first-order chi connectivity index (χ1) is 12.8. The SMILES string of the molecule is O=C1C[C@H](c2ccccc2)CC2=C1[C@H](c1cccs1)Nc1nonc1N2. The zero-order valence-corrected chi connectivity index (χ0v) is 14.6. The number of nitrogens with zero attached hydrogens (tertiary/aromatic N) is 2. The number of benzene rings is 1. The van der Waals surface area contributed by atoms with Crippen LogP contribution in [0.15, 0.2) is 63.7 Å². The maximum absolute atomic E-state index is 13.1. The van der Waals surface area contributed by atoms with E-state index in [-0.39, 0.29) is 17.7 Å². The fourth-order valence-electron chi connectivity index (χ4n) is 3.73. The van der Waals surface area contributed by atoms with Crippen molar-refractivity contribution in [2.75, 3.05) is 10.6 Å². The third-order valence-corrected chi connectivity index (χ3v) is 5.87. The summed E-state index contributed by atoms with van der Waals surface area (Å²) >= 11 is 1.62. The summed E-state index contributed by atoms with van der Waals surface area (Å²) < 4.78 is 4.88. The lowest BCUT2D eigenvalue weighted by Gasteiger charge is -2.29. The number of nitrogens with one attached hydrogen (secondary N) is 2. The quantitative estimate of drug-likeness (QED) is 0.712. The lowest BCUT2D eigenvalue weighted by Crippen LogP contribution is -2.26. The van der Waals surface area contributed by atoms with Crippen LogP contribution in [0, 0.1) is 0 Å². The predicted octanol–water partition coefficient (Wildman–Crippen LogP) is 4.11. The van der Waals surface area contributed by atoms with Crippen LogP contribution in [0.4, 0.5) is 11.6 Å². The van der Waals surface area contributed by atoms with E-state index in [9.17, 15) is 4.79 Å². The Bertz CT molecular complexity index is 978. The number of thiophene rings is 1. The average Bonchev–Trinajstić information content (AvgIpc) is 3.31. The van der Waals surface area contributed by atoms with E-state index in [1.54, 1.807) is 11.3 Å². The van der Waals surface area contributed by atoms with Crippen molar-refractivity contribution in [3.63, 3.8) is 0 Å². The van der Waals surface area contributed by atoms with E-state index in [0.29, 0.717) is 18.1 Å². The molecule has 2 atom stereocenters. The molecule has 7 heteroatoms. The molecule has 0 unspecified atom stereocenters. The normalized spacial score (nSPS) is 22.1. The molecule has 26 heavy (non-hydrogen) atoms. The topological polar surface area (TPSA) is 80.1 Å². The highest BCUT2D eigenvalue weighted by Gasteiger charge is 2.37. The van der Waals surface area contributed by atoms with Crippen molar-refractivity contribution < 1.29 is 9.42 Å². The minimum Gasteiger partial charge on any atom is -0.352 e. The lowest BCUT2D eigenvalue weighted by molar-refractivity contribution is -0.116. The third-order valence-electron chi connectivity index (χ3n) is 4.93. The highest BCUT2D eigenvalue weighted by atomic mass is 32.1. The molecule has 3 aromatic rings. The predicted molar refractivity (Wildman–Crippen MR) is 99.1 cm³/mol. The van der Waals surface area contributed by atoms with Crippen molar-refractivity contribution >= 4 is 28.8 Å². The van der Waals surface area contributed by atoms with E-state index in [0.717, 1.165) is 22.6 Å². The van der Waals surface area contributed by atoms with Gasteiger partial charge in [0.1, 0.15) is 0 Å². The number of ketones is 1. The van der Waals surface area contributed by atoms with Crippen molar-refractivity contribution in [1.29, 1.82) is 0 Å². The molecule has 0 radical (unpaired) electrons. The van der Waals surface area contributed by atoms with Gasteiger partial charge in [-0.15, -0.1) is 11.3 Å². The highest BCUT2D eigenvalue weighted by Crippen LogP contribution is 2.44. The molecule has 2 aliphatic rings. The monoisotopic (exact) mass is 364 g/mol. The van der Waals surface area contributed by atoms with Crippen molar-refractivity contribution in [2.45, 2.75) is 24.8 Å². The van der Waals surface area contributed by atoms with E-state index in [2.05, 4.69) is 33.1 Å². The van der Waals surface area contributed by atoms with E-state index in [1.807, 2.05) is 35.7 Å². The minimum absolute atomic E-state index is 0.153. The van der Waals surface area contributed by atoms with E-state index in [4.69, 9.17) is 4.63 Å². The Kier molecular flexibility index (Phi) is 3.60. The number of allylic oxidation sites excluding steroid dienone is 1. The van der Waals surface area contributed by atoms with Crippen molar-refractivity contribution in [1.82, 2.24) is 10.3 Å². The molecule has 1 aromatic carbocycles. The second-order valence-corrected chi connectivity index (χ2v) is 7.49. The second-order valence-electron chi connectivity index (χ2n) is 6.51. The maximum atomic E-state index is 13.1. The fourth-order valence-corrected chi connectivity index (χ4v) is 4.52. The molecule has 1 aliphatic heterocycles. The summed E-state index contributed by atoms with van der Waals surface area (Å²) in [6.45, 7) is 0. The van der Waals surface area contributed by atoms with Gasteiger partial charge in [0.25, 0.3) is 0 Å². The molecule has 0 fully saturated rings. The van der Waals surface area contributed by atoms with Crippen LogP contribution in [0.1, 0.15) is 35.2 Å². The van der Waals surface area contributed by atoms with Gasteiger partial charge in [-0.1, -0.05) is 36.4 Å².